The Morgan fingerprint density at radius 1 is 1.33 bits per heavy atom. The Morgan fingerprint density at radius 3 is 2.67 bits per heavy atom. The zero-order valence-electron chi connectivity index (χ0n) is 10.5. The monoisotopic (exact) mass is 311 g/mol. The molecule has 0 bridgehead atoms. The Hall–Kier alpha value is -2.55. The van der Waals surface area contributed by atoms with E-state index in [-0.39, 0.29) is 5.39 Å². The quantitative estimate of drug-likeness (QED) is 0.662. The number of phenols is 1. The molecule has 0 radical (unpaired) electrons. The number of nitrogens with two attached hydrogens (primary N) is 1. The molecule has 21 heavy (non-hydrogen) atoms. The summed E-state index contributed by atoms with van der Waals surface area (Å²) in [5, 5.41) is 10.3. The van der Waals surface area contributed by atoms with Crippen LogP contribution in [0, 0.1) is 5.82 Å². The molecule has 0 atom stereocenters. The summed E-state index contributed by atoms with van der Waals surface area (Å²) in [6.45, 7) is -0.590. The summed E-state index contributed by atoms with van der Waals surface area (Å²) in [4.78, 5) is 11.2. The molecule has 1 aliphatic rings. The van der Waals surface area contributed by atoms with Crippen molar-refractivity contribution in [2.24, 2.45) is 0 Å². The molecule has 1 fully saturated rings. The second-order valence-electron chi connectivity index (χ2n) is 4.58. The number of benzene rings is 2. The van der Waals surface area contributed by atoms with Crippen LogP contribution in [0.15, 0.2) is 24.3 Å². The molecule has 110 valence electrons. The van der Waals surface area contributed by atoms with Gasteiger partial charge in [0.05, 0.1) is 0 Å². The summed E-state index contributed by atoms with van der Waals surface area (Å²) < 4.78 is 40.3. The number of rotatable bonds is 1. The van der Waals surface area contributed by atoms with Gasteiger partial charge in [0, 0.05) is 11.1 Å². The normalized spacial score (nSPS) is 17.2. The number of nitrogen functional groups attached to an aromatic ring is 1. The summed E-state index contributed by atoms with van der Waals surface area (Å²) >= 11 is 0. The van der Waals surface area contributed by atoms with Crippen LogP contribution >= 0.6 is 0 Å². The van der Waals surface area contributed by atoms with Gasteiger partial charge < -0.3 is 10.8 Å². The van der Waals surface area contributed by atoms with Gasteiger partial charge in [-0.3, -0.25) is 4.79 Å². The van der Waals surface area contributed by atoms with E-state index in [0.717, 1.165) is 0 Å². The lowest BCUT2D eigenvalue weighted by atomic mass is 10.1. The van der Waals surface area contributed by atoms with Gasteiger partial charge in [-0.2, -0.15) is 8.42 Å². The molecule has 4 N–H and O–H groups in total. The molecule has 0 saturated carbocycles. The maximum absolute atomic E-state index is 14.5. The van der Waals surface area contributed by atoms with Crippen molar-refractivity contribution in [3.05, 3.63) is 30.1 Å². The lowest BCUT2D eigenvalue weighted by molar-refractivity contribution is -0.117. The number of carbonyl (C=O) groups is 1. The minimum Gasteiger partial charge on any atom is -0.506 e. The maximum Gasteiger partial charge on any atom is 0.326 e. The number of nitrogens with one attached hydrogen (secondary N) is 1. The van der Waals surface area contributed by atoms with Crippen LogP contribution in [0.3, 0.4) is 0 Å². The molecule has 0 spiro atoms. The Morgan fingerprint density at radius 2 is 2.05 bits per heavy atom. The predicted octanol–water partition coefficient (Wildman–Crippen LogP) is 0.448. The summed E-state index contributed by atoms with van der Waals surface area (Å²) in [6, 6.07) is 5.47. The third-order valence-corrected chi connectivity index (χ3v) is 4.50. The Kier molecular flexibility index (Phi) is 2.70. The van der Waals surface area contributed by atoms with Crippen molar-refractivity contribution in [3.8, 4) is 5.75 Å². The zero-order valence-corrected chi connectivity index (χ0v) is 11.3. The fraction of sp³-hybridized carbons (Fsp3) is 0.0833. The fourth-order valence-electron chi connectivity index (χ4n) is 2.24. The van der Waals surface area contributed by atoms with Crippen molar-refractivity contribution in [2.75, 3.05) is 16.6 Å². The first kappa shape index (κ1) is 13.4. The van der Waals surface area contributed by atoms with Crippen molar-refractivity contribution >= 4 is 38.3 Å². The van der Waals surface area contributed by atoms with Gasteiger partial charge in [-0.25, -0.2) is 13.4 Å². The van der Waals surface area contributed by atoms with Gasteiger partial charge in [0.25, 0.3) is 5.91 Å². The van der Waals surface area contributed by atoms with E-state index in [2.05, 4.69) is 0 Å². The number of phenolic OH excluding ortho intramolecular Hbond substituents is 1. The van der Waals surface area contributed by atoms with E-state index in [1.54, 1.807) is 4.72 Å². The van der Waals surface area contributed by atoms with E-state index in [9.17, 15) is 22.7 Å². The molecule has 1 amide bonds. The molecule has 7 nitrogen and oxygen atoms in total. The molecule has 2 aromatic carbocycles. The average Bonchev–Trinajstić information content (AvgIpc) is 2.62. The van der Waals surface area contributed by atoms with Gasteiger partial charge in [0.2, 0.25) is 0 Å². The minimum absolute atomic E-state index is 0.0894. The Balaban J connectivity index is 2.29. The van der Waals surface area contributed by atoms with E-state index < -0.39 is 39.9 Å². The molecular weight excluding hydrogens is 301 g/mol. The molecular formula is C12H10FN3O4S. The second kappa shape index (κ2) is 4.22. The van der Waals surface area contributed by atoms with Crippen LogP contribution in [0.1, 0.15) is 0 Å². The van der Waals surface area contributed by atoms with Crippen molar-refractivity contribution < 1.29 is 22.7 Å². The SMILES string of the molecule is Nc1ccc2c(F)c(N3CC(=O)NS3(=O)=O)c(O)cc2c1. The van der Waals surface area contributed by atoms with E-state index in [4.69, 9.17) is 5.73 Å². The molecule has 1 heterocycles. The van der Waals surface area contributed by atoms with E-state index in [1.165, 1.54) is 24.3 Å². The first-order valence-electron chi connectivity index (χ1n) is 5.83. The van der Waals surface area contributed by atoms with Crippen molar-refractivity contribution in [3.63, 3.8) is 0 Å². The predicted molar refractivity (Wildman–Crippen MR) is 74.4 cm³/mol. The third kappa shape index (κ3) is 2.02. The average molecular weight is 311 g/mol. The van der Waals surface area contributed by atoms with Crippen LogP contribution in [0.25, 0.3) is 10.8 Å². The zero-order chi connectivity index (χ0) is 15.4. The highest BCUT2D eigenvalue weighted by molar-refractivity contribution is 7.92. The van der Waals surface area contributed by atoms with E-state index in [1.807, 2.05) is 0 Å². The van der Waals surface area contributed by atoms with Gasteiger partial charge in [0.15, 0.2) is 5.82 Å². The van der Waals surface area contributed by atoms with E-state index in [0.29, 0.717) is 15.4 Å². The molecule has 9 heteroatoms. The standard InChI is InChI=1S/C12H10FN3O4S/c13-11-8-2-1-7(14)3-6(8)4-9(17)12(11)16-5-10(18)15-21(16,19)20/h1-4,17H,5,14H2,(H,15,18). The molecule has 1 aliphatic heterocycles. The second-order valence-corrected chi connectivity index (χ2v) is 6.17. The molecule has 2 aromatic rings. The van der Waals surface area contributed by atoms with Crippen LogP contribution in [-0.2, 0) is 15.0 Å². The number of halogens is 1. The van der Waals surface area contributed by atoms with Gasteiger partial charge >= 0.3 is 10.2 Å². The van der Waals surface area contributed by atoms with Crippen molar-refractivity contribution in [1.82, 2.24) is 4.72 Å². The largest absolute Gasteiger partial charge is 0.506 e. The van der Waals surface area contributed by atoms with E-state index >= 15 is 0 Å². The maximum atomic E-state index is 14.5. The smallest absolute Gasteiger partial charge is 0.326 e. The molecule has 0 aromatic heterocycles. The molecule has 0 aliphatic carbocycles. The third-order valence-electron chi connectivity index (χ3n) is 3.12. The van der Waals surface area contributed by atoms with Crippen LogP contribution in [0.5, 0.6) is 5.75 Å². The highest BCUT2D eigenvalue weighted by Gasteiger charge is 2.37. The van der Waals surface area contributed by atoms with Crippen LogP contribution in [0.2, 0.25) is 0 Å². The fourth-order valence-corrected chi connectivity index (χ4v) is 3.40. The lowest BCUT2D eigenvalue weighted by Crippen LogP contribution is -2.30. The molecule has 1 saturated heterocycles. The van der Waals surface area contributed by atoms with Gasteiger partial charge in [-0.1, -0.05) is 0 Å². The first-order valence-corrected chi connectivity index (χ1v) is 7.27. The first-order chi connectivity index (χ1) is 9.79. The summed E-state index contributed by atoms with van der Waals surface area (Å²) in [5.74, 6) is -2.33. The number of carbonyl (C=O) groups excluding carboxylic acids is 1. The number of fused-ring (bicyclic) bond motifs is 1. The van der Waals surface area contributed by atoms with Crippen LogP contribution < -0.4 is 14.8 Å². The number of amides is 1. The number of nitrogens with zero attached hydrogens (tertiary/aromatic N) is 1. The summed E-state index contributed by atoms with van der Waals surface area (Å²) in [5.41, 5.74) is 5.39. The topological polar surface area (TPSA) is 113 Å². The van der Waals surface area contributed by atoms with Gasteiger partial charge in [-0.05, 0) is 29.7 Å². The van der Waals surface area contributed by atoms with Crippen molar-refractivity contribution in [2.45, 2.75) is 0 Å². The number of hydrogen-bond acceptors (Lipinski definition) is 5. The highest BCUT2D eigenvalue weighted by Crippen LogP contribution is 2.38. The summed E-state index contributed by atoms with van der Waals surface area (Å²) in [7, 11) is -4.20. The number of anilines is 2. The van der Waals surface area contributed by atoms with Gasteiger partial charge in [-0.15, -0.1) is 0 Å². The lowest BCUT2D eigenvalue weighted by Gasteiger charge is -2.18. The Labute approximate surface area is 119 Å². The van der Waals surface area contributed by atoms with Crippen molar-refractivity contribution in [1.29, 1.82) is 0 Å². The number of aromatic hydroxyl groups is 1. The van der Waals surface area contributed by atoms with Crippen LogP contribution in [-0.4, -0.2) is 26.0 Å². The molecule has 0 unspecified atom stereocenters. The van der Waals surface area contributed by atoms with Crippen LogP contribution in [0.4, 0.5) is 15.8 Å². The van der Waals surface area contributed by atoms with Gasteiger partial charge in [0.1, 0.15) is 18.0 Å². The Bertz CT molecular complexity index is 882. The number of hydrogen-bond donors (Lipinski definition) is 3. The molecule has 3 rings (SSSR count). The summed E-state index contributed by atoms with van der Waals surface area (Å²) in [6.07, 6.45) is 0. The highest BCUT2D eigenvalue weighted by atomic mass is 32.2. The minimum atomic E-state index is -4.20.